The lowest BCUT2D eigenvalue weighted by Crippen LogP contribution is -2.76. The molecule has 1 aliphatic heterocycles. The predicted molar refractivity (Wildman–Crippen MR) is 131 cm³/mol. The fraction of sp³-hybridized carbons (Fsp3) is 0.586. The molecule has 10 heteroatoms. The van der Waals surface area contributed by atoms with Crippen LogP contribution < -0.4 is 0 Å². The maximum absolute atomic E-state index is 14.5. The normalized spacial score (nSPS) is 43.9. The molecule has 39 heavy (non-hydrogen) atoms. The van der Waals surface area contributed by atoms with E-state index in [1.54, 1.807) is 19.9 Å². The summed E-state index contributed by atoms with van der Waals surface area (Å²) in [5, 5.41) is 24.7. The largest absolute Gasteiger partial charge is 0.472 e. The fourth-order valence-electron chi connectivity index (χ4n) is 8.98. The van der Waals surface area contributed by atoms with Gasteiger partial charge in [0.15, 0.2) is 5.60 Å². The van der Waals surface area contributed by atoms with E-state index in [-0.39, 0.29) is 18.4 Å². The van der Waals surface area contributed by atoms with Crippen LogP contribution in [0.15, 0.2) is 45.8 Å². The number of carbonyl (C=O) groups is 4. The van der Waals surface area contributed by atoms with E-state index >= 15 is 0 Å². The third-order valence-electron chi connectivity index (χ3n) is 10.7. The SMILES string of the molecule is COC(=O)C[C@H]1[C@]2(C)C[C@@]3(O)[C@]1(C)C1=C(C(=O)[C@]3(O)[C@@H]2OC(C)=O)C2=CC(=O)O[C@H](c3ccoc3)[C@@]2(C)CC1. The van der Waals surface area contributed by atoms with Gasteiger partial charge in [-0.25, -0.2) is 4.79 Å². The Balaban J connectivity index is 1.62. The molecule has 10 nitrogen and oxygen atoms in total. The summed E-state index contributed by atoms with van der Waals surface area (Å²) in [6, 6.07) is 1.70. The summed E-state index contributed by atoms with van der Waals surface area (Å²) in [6.45, 7) is 6.56. The maximum atomic E-state index is 14.5. The van der Waals surface area contributed by atoms with Crippen LogP contribution in [-0.2, 0) is 33.4 Å². The van der Waals surface area contributed by atoms with Gasteiger partial charge in [0.2, 0.25) is 5.78 Å². The van der Waals surface area contributed by atoms with Crippen LogP contribution in [0.5, 0.6) is 0 Å². The Morgan fingerprint density at radius 1 is 1.18 bits per heavy atom. The maximum Gasteiger partial charge on any atom is 0.331 e. The number of furan rings is 1. The first-order chi connectivity index (χ1) is 18.2. The molecule has 2 saturated carbocycles. The summed E-state index contributed by atoms with van der Waals surface area (Å²) in [6.07, 6.45) is 2.70. The zero-order chi connectivity index (χ0) is 28.3. The zero-order valence-electron chi connectivity index (χ0n) is 22.5. The Bertz CT molecular complexity index is 1390. The molecule has 2 N–H and O–H groups in total. The Hall–Kier alpha value is -3.24. The van der Waals surface area contributed by atoms with Crippen molar-refractivity contribution in [3.63, 3.8) is 0 Å². The lowest BCUT2D eigenvalue weighted by molar-refractivity contribution is -0.249. The fourth-order valence-corrected chi connectivity index (χ4v) is 8.98. The second kappa shape index (κ2) is 7.69. The van der Waals surface area contributed by atoms with Crippen LogP contribution in [0.25, 0.3) is 0 Å². The Morgan fingerprint density at radius 2 is 1.90 bits per heavy atom. The van der Waals surface area contributed by atoms with Gasteiger partial charge in [0.05, 0.1) is 19.6 Å². The molecular formula is C29H32O10. The van der Waals surface area contributed by atoms with E-state index in [4.69, 9.17) is 18.6 Å². The number of ketones is 1. The summed E-state index contributed by atoms with van der Waals surface area (Å²) >= 11 is 0. The highest BCUT2D eigenvalue weighted by Crippen LogP contribution is 2.79. The first-order valence-electron chi connectivity index (χ1n) is 13.1. The van der Waals surface area contributed by atoms with Gasteiger partial charge in [0.25, 0.3) is 0 Å². The standard InChI is InChI=1S/C29H32O10/c1-14(30)38-24-26(3)13-28(34)27(4,18(26)11-19(31)36-5)16-6-8-25(2)17(21(16)22(33)29(24,28)35)10-20(32)39-23(25)15-7-9-37-12-15/h7,9-10,12,18,23-24,34-35H,6,8,11,13H2,1-5H3/t18-,23+,24+,25-,26-,27+,28+,29-/m0/s1. The lowest BCUT2D eigenvalue weighted by Gasteiger charge is -2.63. The summed E-state index contributed by atoms with van der Waals surface area (Å²) in [7, 11) is 1.27. The molecule has 6 rings (SSSR count). The molecule has 1 aromatic heterocycles. The van der Waals surface area contributed by atoms with E-state index in [0.717, 1.165) is 0 Å². The van der Waals surface area contributed by atoms with Gasteiger partial charge in [0.1, 0.15) is 17.8 Å². The molecule has 0 spiro atoms. The zero-order valence-corrected chi connectivity index (χ0v) is 22.5. The number of fused-ring (bicyclic) bond motifs is 4. The number of rotatable bonds is 4. The van der Waals surface area contributed by atoms with Crippen molar-refractivity contribution in [3.8, 4) is 0 Å². The number of methoxy groups -OCH3 is 1. The van der Waals surface area contributed by atoms with Crippen molar-refractivity contribution in [1.82, 2.24) is 0 Å². The second-order valence-electron chi connectivity index (χ2n) is 12.4. The van der Waals surface area contributed by atoms with E-state index in [9.17, 15) is 29.4 Å². The third kappa shape index (κ3) is 2.78. The number of esters is 3. The molecule has 208 valence electrons. The van der Waals surface area contributed by atoms with Crippen molar-refractivity contribution in [2.75, 3.05) is 7.11 Å². The number of aliphatic hydroxyl groups is 2. The molecule has 1 aromatic rings. The molecule has 0 saturated heterocycles. The van der Waals surface area contributed by atoms with Gasteiger partial charge in [-0.1, -0.05) is 20.8 Å². The van der Waals surface area contributed by atoms with Gasteiger partial charge in [-0.2, -0.15) is 0 Å². The lowest BCUT2D eigenvalue weighted by atomic mass is 9.44. The van der Waals surface area contributed by atoms with E-state index in [2.05, 4.69) is 0 Å². The monoisotopic (exact) mass is 540 g/mol. The minimum Gasteiger partial charge on any atom is -0.472 e. The summed E-state index contributed by atoms with van der Waals surface area (Å²) in [5.74, 6) is -3.34. The van der Waals surface area contributed by atoms with Crippen molar-refractivity contribution >= 4 is 23.7 Å². The highest BCUT2D eigenvalue weighted by molar-refractivity contribution is 6.11. The Morgan fingerprint density at radius 3 is 2.51 bits per heavy atom. The molecule has 2 heterocycles. The number of carbonyl (C=O) groups excluding carboxylic acids is 4. The topological polar surface area (TPSA) is 150 Å². The van der Waals surface area contributed by atoms with Crippen LogP contribution >= 0.6 is 0 Å². The quantitative estimate of drug-likeness (QED) is 0.431. The van der Waals surface area contributed by atoms with Crippen molar-refractivity contribution in [1.29, 1.82) is 0 Å². The number of ether oxygens (including phenoxy) is 3. The van der Waals surface area contributed by atoms with Gasteiger partial charge in [-0.15, -0.1) is 0 Å². The van der Waals surface area contributed by atoms with E-state index in [1.807, 2.05) is 6.92 Å². The van der Waals surface area contributed by atoms with Gasteiger partial charge >= 0.3 is 17.9 Å². The average Bonchev–Trinajstić information content (AvgIpc) is 3.51. The number of hydrogen-bond donors (Lipinski definition) is 2. The van der Waals surface area contributed by atoms with Crippen molar-refractivity contribution in [2.45, 2.75) is 76.8 Å². The average molecular weight is 541 g/mol. The highest BCUT2D eigenvalue weighted by Gasteiger charge is 2.89. The molecule has 0 unspecified atom stereocenters. The van der Waals surface area contributed by atoms with Crippen molar-refractivity contribution in [3.05, 3.63) is 47.0 Å². The molecule has 8 atom stereocenters. The van der Waals surface area contributed by atoms with E-state index < -0.39 is 69.3 Å². The van der Waals surface area contributed by atoms with Crippen LogP contribution in [0.4, 0.5) is 0 Å². The molecule has 0 amide bonds. The number of cyclic esters (lactones) is 1. The molecule has 2 fully saturated rings. The molecule has 4 aliphatic carbocycles. The van der Waals surface area contributed by atoms with Crippen LogP contribution in [0.2, 0.25) is 0 Å². The molecular weight excluding hydrogens is 508 g/mol. The van der Waals surface area contributed by atoms with Crippen molar-refractivity contribution in [2.24, 2.45) is 22.2 Å². The van der Waals surface area contributed by atoms with Crippen LogP contribution in [0, 0.1) is 22.2 Å². The first-order valence-corrected chi connectivity index (χ1v) is 13.1. The smallest absolute Gasteiger partial charge is 0.331 e. The summed E-state index contributed by atoms with van der Waals surface area (Å²) in [5.41, 5.74) is -6.02. The van der Waals surface area contributed by atoms with Gasteiger partial charge in [0, 0.05) is 46.8 Å². The van der Waals surface area contributed by atoms with Crippen LogP contribution in [-0.4, -0.2) is 58.3 Å². The minimum atomic E-state index is -2.50. The van der Waals surface area contributed by atoms with Crippen LogP contribution in [0.1, 0.15) is 65.0 Å². The number of hydrogen-bond acceptors (Lipinski definition) is 10. The first kappa shape index (κ1) is 26.0. The van der Waals surface area contributed by atoms with E-state index in [1.165, 1.54) is 32.6 Å². The summed E-state index contributed by atoms with van der Waals surface area (Å²) in [4.78, 5) is 52.4. The van der Waals surface area contributed by atoms with Gasteiger partial charge < -0.3 is 28.8 Å². The molecule has 0 radical (unpaired) electrons. The van der Waals surface area contributed by atoms with Crippen LogP contribution in [0.3, 0.4) is 0 Å². The summed E-state index contributed by atoms with van der Waals surface area (Å²) < 4.78 is 21.6. The highest BCUT2D eigenvalue weighted by atomic mass is 16.6. The Labute approximate surface area is 225 Å². The van der Waals surface area contributed by atoms with Gasteiger partial charge in [-0.05, 0) is 42.4 Å². The van der Waals surface area contributed by atoms with E-state index in [0.29, 0.717) is 29.6 Å². The number of Topliss-reactive ketones (excluding diaryl/α,β-unsaturated/α-hetero) is 1. The molecule has 5 aliphatic rings. The molecule has 0 aromatic carbocycles. The third-order valence-corrected chi connectivity index (χ3v) is 10.7. The second-order valence-corrected chi connectivity index (χ2v) is 12.4. The van der Waals surface area contributed by atoms with Crippen molar-refractivity contribution < 1.29 is 48.0 Å². The minimum absolute atomic E-state index is 0.0644. The molecule has 2 bridgehead atoms. The van der Waals surface area contributed by atoms with Gasteiger partial charge in [-0.3, -0.25) is 14.4 Å². The Kier molecular flexibility index (Phi) is 5.13. The predicted octanol–water partition coefficient (Wildman–Crippen LogP) is 2.49.